The lowest BCUT2D eigenvalue weighted by atomic mass is 9.87. The maximum atomic E-state index is 5.42. The summed E-state index contributed by atoms with van der Waals surface area (Å²) in [5.74, 6) is 1.69. The lowest BCUT2D eigenvalue weighted by Gasteiger charge is -2.41. The number of fused-ring (bicyclic) bond motifs is 2. The summed E-state index contributed by atoms with van der Waals surface area (Å²) in [5.41, 5.74) is 10.4. The molecule has 1 aliphatic carbocycles. The molecule has 0 spiro atoms. The maximum Gasteiger partial charge on any atom is 0.159 e. The summed E-state index contributed by atoms with van der Waals surface area (Å²) in [6, 6.07) is 7.83. The Labute approximate surface area is 206 Å². The largest absolute Gasteiger partial charge is 0.378 e. The normalized spacial score (nSPS) is 20.3. The summed E-state index contributed by atoms with van der Waals surface area (Å²) in [7, 11) is 0. The minimum absolute atomic E-state index is 0.421. The first kappa shape index (κ1) is 21.6. The van der Waals surface area contributed by atoms with Gasteiger partial charge in [0.25, 0.3) is 0 Å². The fourth-order valence-electron chi connectivity index (χ4n) is 6.51. The van der Waals surface area contributed by atoms with Crippen molar-refractivity contribution in [2.24, 2.45) is 0 Å². The Kier molecular flexibility index (Phi) is 5.04. The third kappa shape index (κ3) is 3.53. The zero-order valence-electron chi connectivity index (χ0n) is 21.1. The number of aromatic nitrogens is 4. The molecule has 0 atom stereocenters. The van der Waals surface area contributed by atoms with E-state index in [-0.39, 0.29) is 0 Å². The highest BCUT2D eigenvalue weighted by molar-refractivity contribution is 5.93. The zero-order chi connectivity index (χ0) is 23.7. The van der Waals surface area contributed by atoms with Gasteiger partial charge in [-0.05, 0) is 92.3 Å². The van der Waals surface area contributed by atoms with Crippen LogP contribution in [0.3, 0.4) is 0 Å². The molecule has 6 heteroatoms. The molecule has 0 bridgehead atoms. The van der Waals surface area contributed by atoms with Crippen molar-refractivity contribution in [3.8, 4) is 11.3 Å². The number of nitrogens with one attached hydrogen (secondary N) is 1. The van der Waals surface area contributed by atoms with Gasteiger partial charge in [-0.1, -0.05) is 19.9 Å². The smallest absolute Gasteiger partial charge is 0.159 e. The molecule has 0 radical (unpaired) electrons. The molecule has 35 heavy (non-hydrogen) atoms. The molecule has 7 rings (SSSR count). The van der Waals surface area contributed by atoms with Gasteiger partial charge in [-0.3, -0.25) is 4.90 Å². The molecule has 5 heterocycles. The first-order chi connectivity index (χ1) is 17.1. The quantitative estimate of drug-likeness (QED) is 0.403. The van der Waals surface area contributed by atoms with Gasteiger partial charge in [0.05, 0.1) is 24.9 Å². The highest BCUT2D eigenvalue weighted by Gasteiger charge is 2.32. The van der Waals surface area contributed by atoms with Crippen molar-refractivity contribution < 1.29 is 4.74 Å². The summed E-state index contributed by atoms with van der Waals surface area (Å²) in [6.45, 7) is 11.1. The van der Waals surface area contributed by atoms with Crippen LogP contribution in [0.2, 0.25) is 0 Å². The summed E-state index contributed by atoms with van der Waals surface area (Å²) in [5, 5.41) is 5.91. The Morgan fingerprint density at radius 1 is 1.06 bits per heavy atom. The number of benzene rings is 1. The maximum absolute atomic E-state index is 5.42. The Bertz CT molecular complexity index is 1400. The Balaban J connectivity index is 1.29. The van der Waals surface area contributed by atoms with Crippen molar-refractivity contribution in [3.05, 3.63) is 53.0 Å². The summed E-state index contributed by atoms with van der Waals surface area (Å²) in [6.07, 6.45) is 8.86. The van der Waals surface area contributed by atoms with E-state index in [0.717, 1.165) is 18.9 Å². The second-order valence-corrected chi connectivity index (χ2v) is 11.3. The van der Waals surface area contributed by atoms with Gasteiger partial charge in [0.15, 0.2) is 5.65 Å². The molecule has 0 unspecified atom stereocenters. The highest BCUT2D eigenvalue weighted by Crippen LogP contribution is 2.46. The van der Waals surface area contributed by atoms with E-state index < -0.39 is 0 Å². The molecule has 3 aliphatic rings. The van der Waals surface area contributed by atoms with Crippen LogP contribution in [0.4, 0.5) is 0 Å². The third-order valence-corrected chi connectivity index (χ3v) is 8.71. The van der Waals surface area contributed by atoms with E-state index in [1.807, 2.05) is 4.52 Å². The highest BCUT2D eigenvalue weighted by atomic mass is 16.5. The second-order valence-electron chi connectivity index (χ2n) is 11.3. The zero-order valence-corrected chi connectivity index (χ0v) is 21.1. The van der Waals surface area contributed by atoms with Crippen molar-refractivity contribution in [3.63, 3.8) is 0 Å². The van der Waals surface area contributed by atoms with Gasteiger partial charge in [-0.25, -0.2) is 9.50 Å². The Morgan fingerprint density at radius 2 is 1.86 bits per heavy atom. The van der Waals surface area contributed by atoms with Crippen molar-refractivity contribution in [2.45, 2.75) is 70.3 Å². The number of pyridine rings is 1. The van der Waals surface area contributed by atoms with Crippen LogP contribution in [0.15, 0.2) is 30.7 Å². The number of piperidine rings is 1. The van der Waals surface area contributed by atoms with Gasteiger partial charge in [-0.15, -0.1) is 0 Å². The topological polar surface area (TPSA) is 58.5 Å². The van der Waals surface area contributed by atoms with Crippen LogP contribution in [0, 0.1) is 6.92 Å². The molecular weight excluding hydrogens is 434 g/mol. The van der Waals surface area contributed by atoms with E-state index in [1.165, 1.54) is 83.2 Å². The van der Waals surface area contributed by atoms with E-state index >= 15 is 0 Å². The van der Waals surface area contributed by atoms with E-state index in [0.29, 0.717) is 23.8 Å². The number of hydrogen-bond donors (Lipinski definition) is 1. The molecule has 1 saturated carbocycles. The lowest BCUT2D eigenvalue weighted by Crippen LogP contribution is -2.51. The van der Waals surface area contributed by atoms with E-state index in [9.17, 15) is 0 Å². The van der Waals surface area contributed by atoms with Crippen molar-refractivity contribution in [1.29, 1.82) is 0 Å². The van der Waals surface area contributed by atoms with Crippen molar-refractivity contribution >= 4 is 16.6 Å². The van der Waals surface area contributed by atoms with Crippen LogP contribution >= 0.6 is 0 Å². The first-order valence-corrected chi connectivity index (χ1v) is 13.4. The van der Waals surface area contributed by atoms with Crippen LogP contribution in [-0.2, 0) is 4.74 Å². The SMILES string of the molecule is Cc1c(-c2[nH]c3ccc(C4CCN(C5COC5)CC4)cc3c2C(C)C)cn2ncnc2c1C1CC1. The van der Waals surface area contributed by atoms with Crippen LogP contribution in [0.25, 0.3) is 27.8 Å². The van der Waals surface area contributed by atoms with E-state index in [1.54, 1.807) is 6.33 Å². The Hall–Kier alpha value is -2.70. The summed E-state index contributed by atoms with van der Waals surface area (Å²) < 4.78 is 7.40. The number of rotatable bonds is 5. The summed E-state index contributed by atoms with van der Waals surface area (Å²) in [4.78, 5) is 11.1. The third-order valence-electron chi connectivity index (χ3n) is 8.71. The lowest BCUT2D eigenvalue weighted by molar-refractivity contribution is -0.0712. The minimum Gasteiger partial charge on any atom is -0.378 e. The number of nitrogens with zero attached hydrogens (tertiary/aromatic N) is 4. The van der Waals surface area contributed by atoms with Gasteiger partial charge in [0.2, 0.25) is 0 Å². The molecule has 182 valence electrons. The van der Waals surface area contributed by atoms with Gasteiger partial charge < -0.3 is 9.72 Å². The first-order valence-electron chi connectivity index (χ1n) is 13.4. The van der Waals surface area contributed by atoms with Crippen molar-refractivity contribution in [1.82, 2.24) is 24.5 Å². The van der Waals surface area contributed by atoms with Crippen LogP contribution in [0.5, 0.6) is 0 Å². The molecule has 1 N–H and O–H groups in total. The molecule has 2 aliphatic heterocycles. The molecule has 6 nitrogen and oxygen atoms in total. The number of aromatic amines is 1. The molecule has 3 aromatic heterocycles. The van der Waals surface area contributed by atoms with Gasteiger partial charge in [0.1, 0.15) is 6.33 Å². The monoisotopic (exact) mass is 469 g/mol. The number of H-pyrrole nitrogens is 1. The molecule has 1 aromatic carbocycles. The predicted octanol–water partition coefficient (Wildman–Crippen LogP) is 5.77. The summed E-state index contributed by atoms with van der Waals surface area (Å²) >= 11 is 0. The van der Waals surface area contributed by atoms with Gasteiger partial charge in [-0.2, -0.15) is 5.10 Å². The van der Waals surface area contributed by atoms with Crippen LogP contribution < -0.4 is 0 Å². The standard InChI is InChI=1S/C29H35N5O/c1-17(2)26-23-12-21(19-8-10-33(11-9-19)22-14-35-15-22)6-7-25(23)32-28(26)24-13-34-29(30-16-31-34)27(18(24)3)20-4-5-20/h6-7,12-13,16-17,19-20,22,32H,4-5,8-11,14-15H2,1-3H3. The van der Waals surface area contributed by atoms with E-state index in [2.05, 4.69) is 65.1 Å². The van der Waals surface area contributed by atoms with Crippen LogP contribution in [0.1, 0.15) is 79.5 Å². The fraction of sp³-hybridized carbons (Fsp3) is 0.517. The second kappa shape index (κ2) is 8.17. The molecule has 4 aromatic rings. The predicted molar refractivity (Wildman–Crippen MR) is 139 cm³/mol. The molecular formula is C29H35N5O. The van der Waals surface area contributed by atoms with Crippen molar-refractivity contribution in [2.75, 3.05) is 26.3 Å². The number of ether oxygens (including phenoxy) is 1. The average molecular weight is 470 g/mol. The average Bonchev–Trinajstić information content (AvgIpc) is 3.41. The van der Waals surface area contributed by atoms with E-state index in [4.69, 9.17) is 4.74 Å². The molecule has 0 amide bonds. The number of likely N-dealkylation sites (tertiary alicyclic amines) is 1. The molecule has 3 fully saturated rings. The van der Waals surface area contributed by atoms with Crippen LogP contribution in [-0.4, -0.2) is 56.8 Å². The minimum atomic E-state index is 0.421. The fourth-order valence-corrected chi connectivity index (χ4v) is 6.51. The number of hydrogen-bond acceptors (Lipinski definition) is 4. The Morgan fingerprint density at radius 3 is 2.54 bits per heavy atom. The van der Waals surface area contributed by atoms with Gasteiger partial charge >= 0.3 is 0 Å². The molecule has 2 saturated heterocycles. The van der Waals surface area contributed by atoms with Gasteiger partial charge in [0, 0.05) is 28.2 Å².